The van der Waals surface area contributed by atoms with Gasteiger partial charge in [-0.1, -0.05) is 43.7 Å². The van der Waals surface area contributed by atoms with Gasteiger partial charge in [-0.2, -0.15) is 0 Å². The summed E-state index contributed by atoms with van der Waals surface area (Å²) < 4.78 is 4.38. The van der Waals surface area contributed by atoms with Crippen LogP contribution < -0.4 is 0 Å². The minimum absolute atomic E-state index is 0.882. The molecule has 0 aliphatic heterocycles. The lowest BCUT2D eigenvalue weighted by molar-refractivity contribution is 0.143. The predicted molar refractivity (Wildman–Crippen MR) is 119 cm³/mol. The van der Waals surface area contributed by atoms with Gasteiger partial charge >= 0.3 is 0 Å². The lowest BCUT2D eigenvalue weighted by atomic mass is 10.1. The Labute approximate surface area is 175 Å². The summed E-state index contributed by atoms with van der Waals surface area (Å²) in [5.74, 6) is 5.88. The molecule has 0 radical (unpaired) electrons. The van der Waals surface area contributed by atoms with E-state index in [0.717, 1.165) is 31.2 Å². The van der Waals surface area contributed by atoms with Crippen LogP contribution in [0.5, 0.6) is 0 Å². The Hall–Kier alpha value is -2.06. The Balaban J connectivity index is 1.91. The van der Waals surface area contributed by atoms with Crippen molar-refractivity contribution in [3.8, 4) is 17.5 Å². The first-order valence-electron chi connectivity index (χ1n) is 8.57. The first kappa shape index (κ1) is 18.3. The molecule has 1 N–H and O–H groups in total. The summed E-state index contributed by atoms with van der Waals surface area (Å²) in [6.07, 6.45) is 0. The molecule has 0 spiro atoms. The lowest BCUT2D eigenvalue weighted by Crippen LogP contribution is -2.14. The van der Waals surface area contributed by atoms with Crippen LogP contribution in [-0.2, 0) is 0 Å². The molecule has 134 valence electrons. The minimum Gasteiger partial charge on any atom is -0.378 e. The van der Waals surface area contributed by atoms with Crippen LogP contribution in [0.3, 0.4) is 0 Å². The number of aromatic nitrogens is 1. The largest absolute Gasteiger partial charge is 0.378 e. The van der Waals surface area contributed by atoms with Gasteiger partial charge in [0.2, 0.25) is 0 Å². The molecule has 2 nitrogen and oxygen atoms in total. The highest BCUT2D eigenvalue weighted by atomic mass is 79.9. The highest BCUT2D eigenvalue weighted by Crippen LogP contribution is 2.35. The zero-order valence-corrected chi connectivity index (χ0v) is 18.1. The van der Waals surface area contributed by atoms with E-state index in [0.29, 0.717) is 0 Å². The van der Waals surface area contributed by atoms with Gasteiger partial charge in [0.1, 0.15) is 5.60 Å². The van der Waals surface area contributed by atoms with E-state index in [1.807, 2.05) is 12.1 Å². The van der Waals surface area contributed by atoms with Crippen molar-refractivity contribution in [2.75, 3.05) is 0 Å². The smallest absolute Gasteiger partial charge is 0.120 e. The molecule has 1 heterocycles. The van der Waals surface area contributed by atoms with Crippen LogP contribution in [0.2, 0.25) is 0 Å². The van der Waals surface area contributed by atoms with Gasteiger partial charge in [-0.3, -0.25) is 0 Å². The highest BCUT2D eigenvalue weighted by molar-refractivity contribution is 9.10. The lowest BCUT2D eigenvalue weighted by Gasteiger charge is -2.08. The monoisotopic (exact) mass is 481 g/mol. The van der Waals surface area contributed by atoms with E-state index in [1.165, 1.54) is 10.8 Å². The maximum Gasteiger partial charge on any atom is 0.120 e. The molecule has 4 rings (SSSR count). The average molecular weight is 483 g/mol. The molecular formula is C23H17Br2NO. The Morgan fingerprint density at radius 1 is 0.815 bits per heavy atom. The first-order valence-corrected chi connectivity index (χ1v) is 10.2. The molecule has 0 fully saturated rings. The minimum atomic E-state index is -0.994. The molecule has 0 amide bonds. The Morgan fingerprint density at radius 3 is 1.81 bits per heavy atom. The predicted octanol–water partition coefficient (Wildman–Crippen LogP) is 6.43. The zero-order valence-electron chi connectivity index (χ0n) is 14.9. The van der Waals surface area contributed by atoms with E-state index in [1.54, 1.807) is 13.8 Å². The number of nitrogens with zero attached hydrogens (tertiary/aromatic N) is 1. The maximum absolute atomic E-state index is 9.78. The van der Waals surface area contributed by atoms with Gasteiger partial charge in [0.25, 0.3) is 0 Å². The van der Waals surface area contributed by atoms with Crippen molar-refractivity contribution in [1.29, 1.82) is 0 Å². The van der Waals surface area contributed by atoms with Crippen LogP contribution >= 0.6 is 31.9 Å². The molecule has 0 unspecified atom stereocenters. The molecule has 0 bridgehead atoms. The summed E-state index contributed by atoms with van der Waals surface area (Å²) in [5.41, 5.74) is 3.27. The van der Waals surface area contributed by atoms with Gasteiger partial charge in [-0.15, -0.1) is 0 Å². The van der Waals surface area contributed by atoms with E-state index >= 15 is 0 Å². The van der Waals surface area contributed by atoms with Crippen molar-refractivity contribution in [2.24, 2.45) is 0 Å². The van der Waals surface area contributed by atoms with E-state index in [9.17, 15) is 5.11 Å². The number of benzene rings is 3. The number of halogens is 2. The molecule has 27 heavy (non-hydrogen) atoms. The summed E-state index contributed by atoms with van der Waals surface area (Å²) in [4.78, 5) is 0. The standard InChI is InChI=1S/C23H17Br2NO/c1-23(2,27)12-11-15-3-7-18(8-4-15)26-21-9-5-16(24)13-19(21)20-14-17(25)6-10-22(20)26/h3-10,13-14,27H,1-2H3. The number of aliphatic hydroxyl groups is 1. The van der Waals surface area contributed by atoms with Crippen LogP contribution in [0.25, 0.3) is 27.5 Å². The third kappa shape index (κ3) is 3.68. The van der Waals surface area contributed by atoms with Gasteiger partial charge in [-0.25, -0.2) is 0 Å². The third-order valence-electron chi connectivity index (χ3n) is 4.33. The Kier molecular flexibility index (Phi) is 4.63. The van der Waals surface area contributed by atoms with Crippen molar-refractivity contribution >= 4 is 53.7 Å². The fourth-order valence-electron chi connectivity index (χ4n) is 3.16. The zero-order chi connectivity index (χ0) is 19.2. The molecule has 4 heteroatoms. The summed E-state index contributed by atoms with van der Waals surface area (Å²) in [5, 5.41) is 12.2. The summed E-state index contributed by atoms with van der Waals surface area (Å²) in [6.45, 7) is 3.37. The normalized spacial score (nSPS) is 11.6. The molecule has 0 saturated heterocycles. The van der Waals surface area contributed by atoms with Crippen molar-refractivity contribution in [3.63, 3.8) is 0 Å². The van der Waals surface area contributed by atoms with E-state index in [2.05, 4.69) is 96.8 Å². The molecule has 0 aliphatic rings. The summed E-state index contributed by atoms with van der Waals surface area (Å²) in [7, 11) is 0. The van der Waals surface area contributed by atoms with Crippen LogP contribution in [-0.4, -0.2) is 15.3 Å². The van der Waals surface area contributed by atoms with Crippen LogP contribution in [0, 0.1) is 11.8 Å². The van der Waals surface area contributed by atoms with Crippen molar-refractivity contribution in [3.05, 3.63) is 75.2 Å². The molecule has 1 aromatic heterocycles. The van der Waals surface area contributed by atoms with Gasteiger partial charge in [0.05, 0.1) is 11.0 Å². The third-order valence-corrected chi connectivity index (χ3v) is 5.31. The van der Waals surface area contributed by atoms with E-state index in [-0.39, 0.29) is 0 Å². The quantitative estimate of drug-likeness (QED) is 0.310. The van der Waals surface area contributed by atoms with Crippen LogP contribution in [0.15, 0.2) is 69.6 Å². The first-order chi connectivity index (χ1) is 12.8. The van der Waals surface area contributed by atoms with Gasteiger partial charge in [-0.05, 0) is 74.5 Å². The van der Waals surface area contributed by atoms with Gasteiger partial charge in [0, 0.05) is 31.0 Å². The molecule has 4 aromatic rings. The number of rotatable bonds is 1. The van der Waals surface area contributed by atoms with Gasteiger partial charge in [0.15, 0.2) is 0 Å². The molecular weight excluding hydrogens is 466 g/mol. The fraction of sp³-hybridized carbons (Fsp3) is 0.130. The SMILES string of the molecule is CC(C)(O)C#Cc1ccc(-n2c3ccc(Br)cc3c3cc(Br)ccc32)cc1. The van der Waals surface area contributed by atoms with Gasteiger partial charge < -0.3 is 9.67 Å². The highest BCUT2D eigenvalue weighted by Gasteiger charge is 2.13. The molecule has 0 saturated carbocycles. The second-order valence-corrected chi connectivity index (χ2v) is 8.85. The second-order valence-electron chi connectivity index (χ2n) is 7.01. The fourth-order valence-corrected chi connectivity index (χ4v) is 3.89. The summed E-state index contributed by atoms with van der Waals surface area (Å²) >= 11 is 7.18. The van der Waals surface area contributed by atoms with E-state index < -0.39 is 5.60 Å². The topological polar surface area (TPSA) is 25.2 Å². The second kappa shape index (κ2) is 6.83. The van der Waals surface area contributed by atoms with Crippen molar-refractivity contribution < 1.29 is 5.11 Å². The Bertz CT molecular complexity index is 1160. The number of hydrogen-bond acceptors (Lipinski definition) is 1. The maximum atomic E-state index is 9.78. The van der Waals surface area contributed by atoms with E-state index in [4.69, 9.17) is 0 Å². The molecule has 0 atom stereocenters. The average Bonchev–Trinajstić information content (AvgIpc) is 2.93. The number of hydrogen-bond donors (Lipinski definition) is 1. The van der Waals surface area contributed by atoms with Crippen LogP contribution in [0.1, 0.15) is 19.4 Å². The Morgan fingerprint density at radius 2 is 1.33 bits per heavy atom. The summed E-state index contributed by atoms with van der Waals surface area (Å²) in [6, 6.07) is 20.8. The van der Waals surface area contributed by atoms with Crippen molar-refractivity contribution in [1.82, 2.24) is 4.57 Å². The van der Waals surface area contributed by atoms with Crippen molar-refractivity contribution in [2.45, 2.75) is 19.4 Å². The van der Waals surface area contributed by atoms with Crippen LogP contribution in [0.4, 0.5) is 0 Å². The molecule has 3 aromatic carbocycles. The molecule has 0 aliphatic carbocycles. The number of fused-ring (bicyclic) bond motifs is 3.